The summed E-state index contributed by atoms with van der Waals surface area (Å²) in [7, 11) is 0. The number of nitrogens with zero attached hydrogens (tertiary/aromatic N) is 3. The highest BCUT2D eigenvalue weighted by atomic mass is 16.6. The minimum absolute atomic E-state index is 0.0664. The molecule has 0 aliphatic carbocycles. The topological polar surface area (TPSA) is 73.0 Å². The van der Waals surface area contributed by atoms with E-state index in [-0.39, 0.29) is 11.7 Å². The Balaban J connectivity index is 1.58. The standard InChI is InChI=1S/C26H22N4O2/c1-17-3-7-19(8-4-17)23-15-25(21-9-5-18(2)6-10-21)29-26(27-23)16-24(28-29)20-11-13-22(14-12-20)30(31)32/h3-16,25,27H,1-2H3. The molecule has 0 fully saturated rings. The summed E-state index contributed by atoms with van der Waals surface area (Å²) in [5.74, 6) is 0.877. The molecule has 1 aromatic heterocycles. The molecule has 0 spiro atoms. The zero-order chi connectivity index (χ0) is 22.2. The average molecular weight is 422 g/mol. The lowest BCUT2D eigenvalue weighted by molar-refractivity contribution is -0.384. The summed E-state index contributed by atoms with van der Waals surface area (Å²) in [6, 6.07) is 25.3. The van der Waals surface area contributed by atoms with Crippen LogP contribution in [-0.4, -0.2) is 14.7 Å². The third kappa shape index (κ3) is 3.67. The van der Waals surface area contributed by atoms with Gasteiger partial charge in [0.2, 0.25) is 0 Å². The highest BCUT2D eigenvalue weighted by molar-refractivity contribution is 5.80. The number of nitro groups is 1. The lowest BCUT2D eigenvalue weighted by Crippen LogP contribution is -2.19. The molecular formula is C26H22N4O2. The van der Waals surface area contributed by atoms with Crippen molar-refractivity contribution in [1.29, 1.82) is 0 Å². The first-order chi connectivity index (χ1) is 15.5. The van der Waals surface area contributed by atoms with Crippen molar-refractivity contribution >= 4 is 17.2 Å². The molecule has 0 radical (unpaired) electrons. The van der Waals surface area contributed by atoms with Gasteiger partial charge in [-0.15, -0.1) is 0 Å². The predicted molar refractivity (Wildman–Crippen MR) is 126 cm³/mol. The van der Waals surface area contributed by atoms with Crippen molar-refractivity contribution in [2.45, 2.75) is 19.9 Å². The summed E-state index contributed by atoms with van der Waals surface area (Å²) in [4.78, 5) is 10.6. The van der Waals surface area contributed by atoms with Crippen LogP contribution in [0.3, 0.4) is 0 Å². The zero-order valence-electron chi connectivity index (χ0n) is 17.8. The highest BCUT2D eigenvalue weighted by Crippen LogP contribution is 2.36. The summed E-state index contributed by atoms with van der Waals surface area (Å²) in [6.45, 7) is 4.15. The molecule has 3 aromatic carbocycles. The van der Waals surface area contributed by atoms with Crippen LogP contribution in [0.5, 0.6) is 0 Å². The quantitative estimate of drug-likeness (QED) is 0.317. The first kappa shape index (κ1) is 19.8. The maximum absolute atomic E-state index is 11.0. The smallest absolute Gasteiger partial charge is 0.269 e. The predicted octanol–water partition coefficient (Wildman–Crippen LogP) is 6.13. The molecule has 0 saturated heterocycles. The van der Waals surface area contributed by atoms with Crippen molar-refractivity contribution in [2.24, 2.45) is 0 Å². The molecule has 6 heteroatoms. The third-order valence-electron chi connectivity index (χ3n) is 5.74. The van der Waals surface area contributed by atoms with Crippen LogP contribution < -0.4 is 5.32 Å². The Morgan fingerprint density at radius 3 is 2.09 bits per heavy atom. The maximum atomic E-state index is 11.0. The molecule has 5 rings (SSSR count). The van der Waals surface area contributed by atoms with E-state index in [1.807, 2.05) is 10.7 Å². The summed E-state index contributed by atoms with van der Waals surface area (Å²) in [5, 5.41) is 19.4. The maximum Gasteiger partial charge on any atom is 0.269 e. The number of hydrogen-bond acceptors (Lipinski definition) is 4. The van der Waals surface area contributed by atoms with Crippen molar-refractivity contribution in [1.82, 2.24) is 9.78 Å². The van der Waals surface area contributed by atoms with Gasteiger partial charge in [0.05, 0.1) is 16.7 Å². The summed E-state index contributed by atoms with van der Waals surface area (Å²) >= 11 is 0. The van der Waals surface area contributed by atoms with Crippen LogP contribution in [0.4, 0.5) is 11.5 Å². The second kappa shape index (κ2) is 7.81. The minimum Gasteiger partial charge on any atom is -0.340 e. The first-order valence-corrected chi connectivity index (χ1v) is 10.4. The number of benzene rings is 3. The molecule has 158 valence electrons. The van der Waals surface area contributed by atoms with Crippen LogP contribution in [-0.2, 0) is 0 Å². The number of anilines is 1. The van der Waals surface area contributed by atoms with Gasteiger partial charge >= 0.3 is 0 Å². The van der Waals surface area contributed by atoms with E-state index in [1.165, 1.54) is 23.3 Å². The molecular weight excluding hydrogens is 400 g/mol. The molecule has 1 atom stereocenters. The fraction of sp³-hybridized carbons (Fsp3) is 0.115. The molecule has 0 amide bonds. The van der Waals surface area contributed by atoms with E-state index in [4.69, 9.17) is 5.10 Å². The van der Waals surface area contributed by atoms with Crippen LogP contribution in [0.1, 0.15) is 28.3 Å². The molecule has 6 nitrogen and oxygen atoms in total. The molecule has 1 aliphatic heterocycles. The van der Waals surface area contributed by atoms with Gasteiger partial charge in [-0.1, -0.05) is 59.7 Å². The van der Waals surface area contributed by atoms with E-state index >= 15 is 0 Å². The molecule has 1 unspecified atom stereocenters. The Hall–Kier alpha value is -4.19. The number of nitro benzene ring substituents is 1. The Labute approximate surface area is 186 Å². The van der Waals surface area contributed by atoms with E-state index < -0.39 is 4.92 Å². The lowest BCUT2D eigenvalue weighted by atomic mass is 10.00. The number of fused-ring (bicyclic) bond motifs is 1. The highest BCUT2D eigenvalue weighted by Gasteiger charge is 2.24. The number of allylic oxidation sites excluding steroid dienone is 1. The van der Waals surface area contributed by atoms with Crippen molar-refractivity contribution in [3.63, 3.8) is 0 Å². The van der Waals surface area contributed by atoms with Gasteiger partial charge in [-0.25, -0.2) is 4.68 Å². The zero-order valence-corrected chi connectivity index (χ0v) is 17.8. The van der Waals surface area contributed by atoms with Gasteiger partial charge in [-0.2, -0.15) is 5.10 Å². The van der Waals surface area contributed by atoms with Gasteiger partial charge < -0.3 is 5.32 Å². The van der Waals surface area contributed by atoms with E-state index in [0.29, 0.717) is 0 Å². The number of rotatable bonds is 4. The molecule has 32 heavy (non-hydrogen) atoms. The number of non-ortho nitro benzene ring substituents is 1. The number of hydrogen-bond donors (Lipinski definition) is 1. The van der Waals surface area contributed by atoms with E-state index in [0.717, 1.165) is 33.9 Å². The van der Waals surface area contributed by atoms with Gasteiger partial charge in [0.1, 0.15) is 5.82 Å². The number of aromatic nitrogens is 2. The third-order valence-corrected chi connectivity index (χ3v) is 5.74. The summed E-state index contributed by atoms with van der Waals surface area (Å²) in [6.07, 6.45) is 2.19. The van der Waals surface area contributed by atoms with Gasteiger partial charge in [-0.3, -0.25) is 10.1 Å². The minimum atomic E-state index is -0.394. The van der Waals surface area contributed by atoms with Crippen LogP contribution >= 0.6 is 0 Å². The van der Waals surface area contributed by atoms with Gasteiger partial charge in [0, 0.05) is 29.5 Å². The Bertz CT molecular complexity index is 1320. The van der Waals surface area contributed by atoms with Crippen molar-refractivity contribution in [2.75, 3.05) is 5.32 Å². The van der Waals surface area contributed by atoms with Crippen molar-refractivity contribution in [3.8, 4) is 11.3 Å². The second-order valence-corrected chi connectivity index (χ2v) is 8.09. The monoisotopic (exact) mass is 422 g/mol. The SMILES string of the molecule is Cc1ccc(C2=CC(c3ccc(C)cc3)n3nc(-c4ccc([N+](=O)[O-])cc4)cc3N2)cc1. The van der Waals surface area contributed by atoms with Gasteiger partial charge in [-0.05, 0) is 43.2 Å². The molecule has 0 saturated carbocycles. The largest absolute Gasteiger partial charge is 0.340 e. The van der Waals surface area contributed by atoms with Crippen LogP contribution in [0.2, 0.25) is 0 Å². The second-order valence-electron chi connectivity index (χ2n) is 8.09. The molecule has 1 aliphatic rings. The number of aryl methyl sites for hydroxylation is 2. The van der Waals surface area contributed by atoms with Gasteiger partial charge in [0.25, 0.3) is 5.69 Å². The molecule has 1 N–H and O–H groups in total. The van der Waals surface area contributed by atoms with E-state index in [2.05, 4.69) is 73.8 Å². The normalized spacial score (nSPS) is 14.9. The van der Waals surface area contributed by atoms with Gasteiger partial charge in [0.15, 0.2) is 0 Å². The Morgan fingerprint density at radius 1 is 0.875 bits per heavy atom. The number of nitrogens with one attached hydrogen (secondary N) is 1. The summed E-state index contributed by atoms with van der Waals surface area (Å²) in [5.41, 5.74) is 7.36. The van der Waals surface area contributed by atoms with Crippen LogP contribution in [0.25, 0.3) is 17.0 Å². The first-order valence-electron chi connectivity index (χ1n) is 10.4. The lowest BCUT2D eigenvalue weighted by Gasteiger charge is -2.25. The van der Waals surface area contributed by atoms with Crippen molar-refractivity contribution in [3.05, 3.63) is 117 Å². The summed E-state index contributed by atoms with van der Waals surface area (Å²) < 4.78 is 1.97. The van der Waals surface area contributed by atoms with Crippen LogP contribution in [0.15, 0.2) is 84.9 Å². The van der Waals surface area contributed by atoms with E-state index in [9.17, 15) is 10.1 Å². The fourth-order valence-electron chi connectivity index (χ4n) is 3.91. The molecule has 0 bridgehead atoms. The molecule has 2 heterocycles. The Kier molecular flexibility index (Phi) is 4.82. The van der Waals surface area contributed by atoms with E-state index in [1.54, 1.807) is 12.1 Å². The Morgan fingerprint density at radius 2 is 1.47 bits per heavy atom. The van der Waals surface area contributed by atoms with Crippen LogP contribution in [0, 0.1) is 24.0 Å². The average Bonchev–Trinajstić information content (AvgIpc) is 3.24. The van der Waals surface area contributed by atoms with Crippen molar-refractivity contribution < 1.29 is 4.92 Å². The molecule has 4 aromatic rings. The fourth-order valence-corrected chi connectivity index (χ4v) is 3.91.